The van der Waals surface area contributed by atoms with Crippen LogP contribution < -0.4 is 22.5 Å². The number of nitrogens with one attached hydrogen (secondary N) is 2. The maximum absolute atomic E-state index is 12.5. The van der Waals surface area contributed by atoms with Gasteiger partial charge in [-0.05, 0) is 49.4 Å². The van der Waals surface area contributed by atoms with Crippen LogP contribution in [-0.2, 0) is 0 Å². The molecule has 0 bridgehead atoms. The molecule has 0 radical (unpaired) electrons. The standard InChI is InChI=1S/C21H29N7OS/c1-3-5-17(24-10-4-11-25-20(22)23)14-6-8-16(9-7-14)28-13-15-12-18(30-2)26-19(15)27-21(28)29/h6-9,12-13,17,24H,3-5,10-11H2,1-2H3,(H4,22,23,25)(H,26,27,29)/t17-/m0/s1. The van der Waals surface area contributed by atoms with Crippen LogP contribution in [0.2, 0.25) is 0 Å². The van der Waals surface area contributed by atoms with Gasteiger partial charge in [0.05, 0.1) is 10.7 Å². The Morgan fingerprint density at radius 3 is 2.77 bits per heavy atom. The summed E-state index contributed by atoms with van der Waals surface area (Å²) in [6, 6.07) is 10.3. The fourth-order valence-corrected chi connectivity index (χ4v) is 3.81. The number of H-pyrrole nitrogens is 1. The topological polar surface area (TPSA) is 127 Å². The van der Waals surface area contributed by atoms with Crippen LogP contribution in [0.1, 0.15) is 37.8 Å². The van der Waals surface area contributed by atoms with Crippen LogP contribution in [0.3, 0.4) is 0 Å². The molecule has 30 heavy (non-hydrogen) atoms. The average molecular weight is 428 g/mol. The first-order chi connectivity index (χ1) is 14.5. The largest absolute Gasteiger partial charge is 0.370 e. The lowest BCUT2D eigenvalue weighted by Crippen LogP contribution is -2.25. The number of aliphatic imine (C=N–C) groups is 1. The quantitative estimate of drug-likeness (QED) is 0.170. The van der Waals surface area contributed by atoms with Crippen molar-refractivity contribution in [3.63, 3.8) is 0 Å². The van der Waals surface area contributed by atoms with E-state index >= 15 is 0 Å². The Balaban J connectivity index is 1.75. The molecule has 3 rings (SSSR count). The number of guanidine groups is 1. The van der Waals surface area contributed by atoms with Crippen LogP contribution in [0.4, 0.5) is 0 Å². The molecule has 0 saturated carbocycles. The minimum atomic E-state index is -0.298. The molecule has 2 heterocycles. The molecule has 1 aromatic carbocycles. The summed E-state index contributed by atoms with van der Waals surface area (Å²) in [5.74, 6) is 0.128. The Bertz CT molecular complexity index is 1050. The molecule has 2 aromatic heterocycles. The van der Waals surface area contributed by atoms with Gasteiger partial charge in [0.2, 0.25) is 0 Å². The first kappa shape index (κ1) is 21.9. The molecule has 0 unspecified atom stereocenters. The normalized spacial score (nSPS) is 12.2. The molecule has 8 nitrogen and oxygen atoms in total. The Morgan fingerprint density at radius 2 is 2.10 bits per heavy atom. The van der Waals surface area contributed by atoms with Gasteiger partial charge in [0, 0.05) is 24.2 Å². The zero-order valence-corrected chi connectivity index (χ0v) is 18.2. The van der Waals surface area contributed by atoms with Gasteiger partial charge in [0.25, 0.3) is 0 Å². The van der Waals surface area contributed by atoms with Gasteiger partial charge in [0.1, 0.15) is 5.65 Å². The van der Waals surface area contributed by atoms with Gasteiger partial charge in [-0.3, -0.25) is 9.56 Å². The molecule has 160 valence electrons. The van der Waals surface area contributed by atoms with Gasteiger partial charge in [-0.25, -0.2) is 4.79 Å². The summed E-state index contributed by atoms with van der Waals surface area (Å²) in [6.07, 6.45) is 6.78. The molecule has 0 aliphatic rings. The highest BCUT2D eigenvalue weighted by Gasteiger charge is 2.11. The number of thioether (sulfide) groups is 1. The highest BCUT2D eigenvalue weighted by molar-refractivity contribution is 7.98. The third kappa shape index (κ3) is 5.43. The van der Waals surface area contributed by atoms with Crippen LogP contribution in [0.15, 0.2) is 51.3 Å². The molecule has 0 aliphatic carbocycles. The highest BCUT2D eigenvalue weighted by Crippen LogP contribution is 2.22. The van der Waals surface area contributed by atoms with Crippen LogP contribution in [0.5, 0.6) is 0 Å². The Hall–Kier alpha value is -2.78. The van der Waals surface area contributed by atoms with Crippen molar-refractivity contribution in [1.29, 1.82) is 0 Å². The van der Waals surface area contributed by atoms with Crippen LogP contribution in [-0.4, -0.2) is 39.8 Å². The molecule has 9 heteroatoms. The van der Waals surface area contributed by atoms with Gasteiger partial charge in [-0.15, -0.1) is 11.8 Å². The Morgan fingerprint density at radius 1 is 1.33 bits per heavy atom. The van der Waals surface area contributed by atoms with Gasteiger partial charge in [0.15, 0.2) is 5.96 Å². The summed E-state index contributed by atoms with van der Waals surface area (Å²) >= 11 is 1.59. The van der Waals surface area contributed by atoms with Gasteiger partial charge >= 0.3 is 5.69 Å². The Kier molecular flexibility index (Phi) is 7.53. The van der Waals surface area contributed by atoms with Gasteiger partial charge in [-0.2, -0.15) is 4.98 Å². The second-order valence-corrected chi connectivity index (χ2v) is 7.93. The van der Waals surface area contributed by atoms with E-state index in [4.69, 9.17) is 11.5 Å². The zero-order valence-electron chi connectivity index (χ0n) is 17.4. The monoisotopic (exact) mass is 427 g/mol. The maximum atomic E-state index is 12.5. The summed E-state index contributed by atoms with van der Waals surface area (Å²) in [5, 5.41) is 5.47. The lowest BCUT2D eigenvalue weighted by molar-refractivity contribution is 0.490. The van der Waals surface area contributed by atoms with Crippen LogP contribution in [0, 0.1) is 0 Å². The van der Waals surface area contributed by atoms with E-state index in [-0.39, 0.29) is 17.7 Å². The van der Waals surface area contributed by atoms with Gasteiger partial charge < -0.3 is 21.8 Å². The summed E-state index contributed by atoms with van der Waals surface area (Å²) in [4.78, 5) is 23.8. The molecule has 0 amide bonds. The van der Waals surface area contributed by atoms with Crippen LogP contribution in [0.25, 0.3) is 16.7 Å². The summed E-state index contributed by atoms with van der Waals surface area (Å²) < 4.78 is 1.58. The molecule has 3 aromatic rings. The van der Waals surface area contributed by atoms with E-state index in [2.05, 4.69) is 39.3 Å². The lowest BCUT2D eigenvalue weighted by atomic mass is 10.0. The van der Waals surface area contributed by atoms with E-state index in [0.717, 1.165) is 41.9 Å². The first-order valence-corrected chi connectivity index (χ1v) is 11.3. The minimum Gasteiger partial charge on any atom is -0.370 e. The molecule has 1 atom stereocenters. The number of aromatic nitrogens is 3. The third-order valence-electron chi connectivity index (χ3n) is 4.87. The fraction of sp³-hybridized carbons (Fsp3) is 0.381. The maximum Gasteiger partial charge on any atom is 0.354 e. The first-order valence-electron chi connectivity index (χ1n) is 10.1. The van der Waals surface area contributed by atoms with Crippen molar-refractivity contribution in [1.82, 2.24) is 19.9 Å². The van der Waals surface area contributed by atoms with E-state index in [0.29, 0.717) is 12.2 Å². The number of nitrogens with zero attached hydrogens (tertiary/aromatic N) is 3. The van der Waals surface area contributed by atoms with E-state index in [1.165, 1.54) is 5.56 Å². The SMILES string of the molecule is CCC[C@H](NCCCN=C(N)N)c1ccc(-n2cc3cc(SC)[nH]c3nc2=O)cc1. The molecule has 0 aliphatic heterocycles. The predicted octanol–water partition coefficient (Wildman–Crippen LogP) is 2.53. The molecular formula is C21H29N7OS. The highest BCUT2D eigenvalue weighted by atomic mass is 32.2. The Labute approximate surface area is 180 Å². The lowest BCUT2D eigenvalue weighted by Gasteiger charge is -2.19. The third-order valence-corrected chi connectivity index (χ3v) is 5.53. The number of hydrogen-bond donors (Lipinski definition) is 4. The summed E-state index contributed by atoms with van der Waals surface area (Å²) in [7, 11) is 0. The van der Waals surface area contributed by atoms with E-state index in [1.807, 2.05) is 30.7 Å². The minimum absolute atomic E-state index is 0.128. The zero-order chi connectivity index (χ0) is 21.5. The van der Waals surface area contributed by atoms with Crippen molar-refractivity contribution in [2.45, 2.75) is 37.3 Å². The molecule has 6 N–H and O–H groups in total. The van der Waals surface area contributed by atoms with Gasteiger partial charge in [-0.1, -0.05) is 25.5 Å². The molecule has 0 saturated heterocycles. The summed E-state index contributed by atoms with van der Waals surface area (Å²) in [5.41, 5.74) is 13.0. The van der Waals surface area contributed by atoms with Crippen molar-refractivity contribution in [2.75, 3.05) is 19.3 Å². The van der Waals surface area contributed by atoms with Crippen LogP contribution >= 0.6 is 11.8 Å². The predicted molar refractivity (Wildman–Crippen MR) is 124 cm³/mol. The number of nitrogens with two attached hydrogens (primary N) is 2. The van der Waals surface area contributed by atoms with Crippen molar-refractivity contribution in [2.24, 2.45) is 16.5 Å². The number of aromatic amines is 1. The fourth-order valence-electron chi connectivity index (χ4n) is 3.37. The molecule has 0 spiro atoms. The van der Waals surface area contributed by atoms with E-state index < -0.39 is 0 Å². The number of fused-ring (bicyclic) bond motifs is 1. The second kappa shape index (κ2) is 10.3. The number of hydrogen-bond acceptors (Lipinski definition) is 5. The molecule has 0 fully saturated rings. The van der Waals surface area contributed by atoms with Crippen molar-refractivity contribution < 1.29 is 0 Å². The van der Waals surface area contributed by atoms with E-state index in [9.17, 15) is 4.79 Å². The average Bonchev–Trinajstić information content (AvgIpc) is 3.14. The van der Waals surface area contributed by atoms with Crippen molar-refractivity contribution in [3.8, 4) is 5.69 Å². The molecular weight excluding hydrogens is 398 g/mol. The van der Waals surface area contributed by atoms with Crippen molar-refractivity contribution in [3.05, 3.63) is 52.6 Å². The van der Waals surface area contributed by atoms with Crippen molar-refractivity contribution >= 4 is 28.8 Å². The number of benzene rings is 1. The van der Waals surface area contributed by atoms with E-state index in [1.54, 1.807) is 16.3 Å². The smallest absolute Gasteiger partial charge is 0.354 e. The second-order valence-electron chi connectivity index (χ2n) is 7.08. The summed E-state index contributed by atoms with van der Waals surface area (Å²) in [6.45, 7) is 3.61. The number of rotatable bonds is 10.